The van der Waals surface area contributed by atoms with Crippen molar-refractivity contribution in [1.82, 2.24) is 30.2 Å². The zero-order chi connectivity index (χ0) is 33.1. The van der Waals surface area contributed by atoms with E-state index in [1.165, 1.54) is 0 Å². The number of unbranched alkanes of at least 4 members (excludes halogenated alkanes) is 1. The molecule has 0 bridgehead atoms. The van der Waals surface area contributed by atoms with Gasteiger partial charge >= 0.3 is 0 Å². The van der Waals surface area contributed by atoms with Crippen molar-refractivity contribution < 1.29 is 24.2 Å². The number of aliphatic hydroxyl groups is 1. The van der Waals surface area contributed by atoms with Crippen LogP contribution in [-0.2, 0) is 14.3 Å². The number of piperazine rings is 1. The third-order valence-electron chi connectivity index (χ3n) is 11.2. The van der Waals surface area contributed by atoms with E-state index in [2.05, 4.69) is 27.3 Å². The Morgan fingerprint density at radius 1 is 1.04 bits per heavy atom. The number of aromatic nitrogens is 2. The summed E-state index contributed by atoms with van der Waals surface area (Å²) in [6.45, 7) is 10.1. The molecular weight excluding hydrogens is 596 g/mol. The number of nitrogens with one attached hydrogen (secondary N) is 2. The second-order valence-corrected chi connectivity index (χ2v) is 14.0. The van der Waals surface area contributed by atoms with Crippen molar-refractivity contribution in [3.8, 4) is 0 Å². The van der Waals surface area contributed by atoms with Gasteiger partial charge in [0.2, 0.25) is 11.8 Å². The van der Waals surface area contributed by atoms with Crippen LogP contribution in [0.5, 0.6) is 0 Å². The van der Waals surface area contributed by atoms with E-state index in [9.17, 15) is 19.5 Å². The maximum absolute atomic E-state index is 14.1. The number of hydrogen-bond acceptors (Lipinski definition) is 7. The van der Waals surface area contributed by atoms with Crippen LogP contribution in [0, 0.1) is 19.8 Å². The molecule has 1 saturated carbocycles. The molecule has 3 amide bonds. The van der Waals surface area contributed by atoms with Gasteiger partial charge in [0.25, 0.3) is 5.91 Å². The van der Waals surface area contributed by atoms with E-state index in [4.69, 9.17) is 4.74 Å². The van der Waals surface area contributed by atoms with Crippen molar-refractivity contribution in [3.05, 3.63) is 52.3 Å². The van der Waals surface area contributed by atoms with Crippen molar-refractivity contribution in [2.45, 2.75) is 102 Å². The molecule has 6 rings (SSSR count). The number of ether oxygens (including phenoxy) is 1. The van der Waals surface area contributed by atoms with Crippen molar-refractivity contribution in [2.24, 2.45) is 5.92 Å². The number of H-pyrrole nitrogens is 1. The molecule has 1 unspecified atom stereocenters. The molecule has 11 heteroatoms. The molecule has 4 fully saturated rings. The number of amides is 3. The van der Waals surface area contributed by atoms with E-state index in [0.29, 0.717) is 64.3 Å². The van der Waals surface area contributed by atoms with Gasteiger partial charge in [0.1, 0.15) is 11.6 Å². The van der Waals surface area contributed by atoms with Gasteiger partial charge in [-0.2, -0.15) is 5.10 Å². The molecule has 1 aromatic carbocycles. The van der Waals surface area contributed by atoms with Crippen LogP contribution in [0.15, 0.2) is 24.3 Å². The molecule has 3 N–H and O–H groups in total. The molecule has 1 aromatic heterocycles. The van der Waals surface area contributed by atoms with E-state index in [1.807, 2.05) is 47.9 Å². The van der Waals surface area contributed by atoms with E-state index >= 15 is 0 Å². The highest BCUT2D eigenvalue weighted by molar-refractivity contribution is 6.00. The van der Waals surface area contributed by atoms with E-state index in [0.717, 1.165) is 67.5 Å². The quantitative estimate of drug-likeness (QED) is 0.380. The molecule has 3 atom stereocenters. The van der Waals surface area contributed by atoms with Crippen LogP contribution in [0.25, 0.3) is 0 Å². The molecule has 4 heterocycles. The Kier molecular flexibility index (Phi) is 10.3. The lowest BCUT2D eigenvalue weighted by Gasteiger charge is -2.53. The van der Waals surface area contributed by atoms with Gasteiger partial charge < -0.3 is 25.0 Å². The molecule has 0 radical (unpaired) electrons. The Morgan fingerprint density at radius 2 is 1.72 bits per heavy atom. The number of benzene rings is 1. The third-order valence-corrected chi connectivity index (χ3v) is 11.2. The van der Waals surface area contributed by atoms with Crippen molar-refractivity contribution >= 4 is 17.7 Å². The molecule has 3 aliphatic heterocycles. The molecule has 256 valence electrons. The molecule has 2 aromatic rings. The van der Waals surface area contributed by atoms with Gasteiger partial charge in [-0.25, -0.2) is 0 Å². The van der Waals surface area contributed by atoms with Gasteiger partial charge in [-0.3, -0.25) is 24.4 Å². The first-order valence-electron chi connectivity index (χ1n) is 17.8. The van der Waals surface area contributed by atoms with Crippen LogP contribution < -0.4 is 5.32 Å². The summed E-state index contributed by atoms with van der Waals surface area (Å²) in [5.74, 6) is -0.215. The number of aromatic amines is 1. The Morgan fingerprint density at radius 3 is 2.34 bits per heavy atom. The highest BCUT2D eigenvalue weighted by atomic mass is 16.5. The van der Waals surface area contributed by atoms with Crippen LogP contribution in [-0.4, -0.2) is 111 Å². The number of carbonyl (C=O) groups excluding carboxylic acids is 3. The lowest BCUT2D eigenvalue weighted by Crippen LogP contribution is -2.75. The molecule has 47 heavy (non-hydrogen) atoms. The largest absolute Gasteiger partial charge is 0.390 e. The molecule has 1 aliphatic carbocycles. The summed E-state index contributed by atoms with van der Waals surface area (Å²) in [5.41, 5.74) is 3.75. The fraction of sp³-hybridized carbons (Fsp3) is 0.667. The summed E-state index contributed by atoms with van der Waals surface area (Å²) in [7, 11) is 0. The van der Waals surface area contributed by atoms with Gasteiger partial charge in [-0.1, -0.05) is 44.7 Å². The van der Waals surface area contributed by atoms with Gasteiger partial charge in [-0.05, 0) is 69.6 Å². The normalized spacial score (nSPS) is 24.0. The van der Waals surface area contributed by atoms with Gasteiger partial charge in [0.15, 0.2) is 0 Å². The Labute approximate surface area is 278 Å². The predicted octanol–water partition coefficient (Wildman–Crippen LogP) is 3.49. The van der Waals surface area contributed by atoms with Crippen molar-refractivity contribution in [3.63, 3.8) is 0 Å². The van der Waals surface area contributed by atoms with Crippen molar-refractivity contribution in [2.75, 3.05) is 45.9 Å². The average Bonchev–Trinajstić information content (AvgIpc) is 3.44. The van der Waals surface area contributed by atoms with E-state index in [-0.39, 0.29) is 29.7 Å². The lowest BCUT2D eigenvalue weighted by atomic mass is 9.77. The Balaban J connectivity index is 1.24. The van der Waals surface area contributed by atoms with Gasteiger partial charge in [0, 0.05) is 49.5 Å². The first-order valence-corrected chi connectivity index (χ1v) is 17.8. The summed E-state index contributed by atoms with van der Waals surface area (Å²) >= 11 is 0. The highest BCUT2D eigenvalue weighted by Gasteiger charge is 2.55. The Hall–Kier alpha value is -3.28. The van der Waals surface area contributed by atoms with Crippen LogP contribution in [0.3, 0.4) is 0 Å². The summed E-state index contributed by atoms with van der Waals surface area (Å²) in [6, 6.07) is 6.88. The first kappa shape index (κ1) is 33.6. The molecule has 3 saturated heterocycles. The minimum atomic E-state index is -0.939. The van der Waals surface area contributed by atoms with Crippen LogP contribution >= 0.6 is 0 Å². The minimum Gasteiger partial charge on any atom is -0.390 e. The van der Waals surface area contributed by atoms with Gasteiger partial charge in [-0.15, -0.1) is 0 Å². The van der Waals surface area contributed by atoms with Crippen molar-refractivity contribution in [1.29, 1.82) is 0 Å². The lowest BCUT2D eigenvalue weighted by molar-refractivity contribution is -0.166. The monoisotopic (exact) mass is 648 g/mol. The number of hydrogen-bond donors (Lipinski definition) is 3. The third kappa shape index (κ3) is 6.58. The number of aryl methyl sites for hydroxylation is 2. The number of aliphatic hydroxyl groups excluding tert-OH is 1. The SMILES string of the molecule is CCCCN1C(=O)[C@@H]([C@H](O)C2CCCCC2)NC(=O)C12CCN(C(c1ccc(C(=O)N3CCOCC3)cc1)c1c(C)n[nH]c1C)CC2. The van der Waals surface area contributed by atoms with Crippen LogP contribution in [0.2, 0.25) is 0 Å². The summed E-state index contributed by atoms with van der Waals surface area (Å²) in [4.78, 5) is 47.5. The zero-order valence-electron chi connectivity index (χ0n) is 28.3. The number of morpholine rings is 1. The number of rotatable bonds is 9. The second-order valence-electron chi connectivity index (χ2n) is 14.0. The number of carbonyl (C=O) groups is 3. The molecule has 11 nitrogen and oxygen atoms in total. The number of nitrogens with zero attached hydrogens (tertiary/aromatic N) is 4. The predicted molar refractivity (Wildman–Crippen MR) is 178 cm³/mol. The molecule has 1 spiro atoms. The number of piperidine rings is 1. The van der Waals surface area contributed by atoms with Crippen LogP contribution in [0.4, 0.5) is 0 Å². The van der Waals surface area contributed by atoms with E-state index < -0.39 is 17.7 Å². The minimum absolute atomic E-state index is 0.0130. The van der Waals surface area contributed by atoms with Crippen LogP contribution in [0.1, 0.15) is 104 Å². The van der Waals surface area contributed by atoms with E-state index in [1.54, 1.807) is 0 Å². The molecular formula is C36H52N6O5. The smallest absolute Gasteiger partial charge is 0.254 e. The van der Waals surface area contributed by atoms with Gasteiger partial charge in [0.05, 0.1) is 31.1 Å². The molecule has 4 aliphatic rings. The summed E-state index contributed by atoms with van der Waals surface area (Å²) in [5, 5.41) is 22.0. The standard InChI is InChI=1S/C36H52N6O5/c1-4-5-17-42-34(45)30(32(43)27-9-7-6-8-10-27)37-35(46)36(42)15-18-40(19-16-36)31(29-24(2)38-39-25(29)3)26-11-13-28(14-12-26)33(44)41-20-22-47-23-21-41/h11-14,27,30-32,43H,4-10,15-23H2,1-3H3,(H,37,46)(H,38,39)/t30-,31?,32-/m1/s1. The summed E-state index contributed by atoms with van der Waals surface area (Å²) < 4.78 is 5.42. The number of likely N-dealkylation sites (tertiary alicyclic amines) is 1. The average molecular weight is 649 g/mol. The highest BCUT2D eigenvalue weighted by Crippen LogP contribution is 2.40. The fourth-order valence-electron chi connectivity index (χ4n) is 8.39. The maximum atomic E-state index is 14.1. The topological polar surface area (TPSA) is 131 Å². The first-order chi connectivity index (χ1) is 22.7. The summed E-state index contributed by atoms with van der Waals surface area (Å²) in [6.07, 6.45) is 6.92. The maximum Gasteiger partial charge on any atom is 0.254 e. The zero-order valence-corrected chi connectivity index (χ0v) is 28.3. The fourth-order valence-corrected chi connectivity index (χ4v) is 8.39. The Bertz CT molecular complexity index is 1390. The second kappa shape index (κ2) is 14.5.